The van der Waals surface area contributed by atoms with E-state index in [1.807, 2.05) is 24.4 Å². The lowest BCUT2D eigenvalue weighted by molar-refractivity contribution is -0.116. The standard InChI is InChI=1S/C19H15N3O3/c23-17(21-13-5-6-16-12(11-13)7-9-20-16)8-10-22-18(24)14-3-1-2-4-15(14)19(22)25/h1-7,9,11,20H,8,10H2,(H,21,23). The van der Waals surface area contributed by atoms with Crippen molar-refractivity contribution in [2.24, 2.45) is 0 Å². The molecular formula is C19H15N3O3. The first kappa shape index (κ1) is 15.1. The molecule has 0 unspecified atom stereocenters. The fourth-order valence-electron chi connectivity index (χ4n) is 3.01. The monoisotopic (exact) mass is 333 g/mol. The fourth-order valence-corrected chi connectivity index (χ4v) is 3.01. The van der Waals surface area contributed by atoms with Crippen molar-refractivity contribution in [1.29, 1.82) is 0 Å². The topological polar surface area (TPSA) is 82.3 Å². The van der Waals surface area contributed by atoms with Gasteiger partial charge >= 0.3 is 0 Å². The van der Waals surface area contributed by atoms with E-state index in [1.165, 1.54) is 0 Å². The Morgan fingerprint density at radius 2 is 1.72 bits per heavy atom. The molecule has 2 heterocycles. The van der Waals surface area contributed by atoms with E-state index in [1.54, 1.807) is 30.3 Å². The van der Waals surface area contributed by atoms with Crippen molar-refractivity contribution in [3.63, 3.8) is 0 Å². The Morgan fingerprint density at radius 1 is 1.00 bits per heavy atom. The molecule has 6 heteroatoms. The molecule has 0 spiro atoms. The molecule has 2 N–H and O–H groups in total. The van der Waals surface area contributed by atoms with Crippen LogP contribution in [0.5, 0.6) is 0 Å². The number of carbonyl (C=O) groups is 3. The average Bonchev–Trinajstić information content (AvgIpc) is 3.17. The van der Waals surface area contributed by atoms with E-state index in [0.29, 0.717) is 16.8 Å². The van der Waals surface area contributed by atoms with E-state index in [0.717, 1.165) is 15.8 Å². The predicted molar refractivity (Wildman–Crippen MR) is 93.4 cm³/mol. The normalized spacial score (nSPS) is 13.4. The first-order valence-corrected chi connectivity index (χ1v) is 7.96. The van der Waals surface area contributed by atoms with E-state index in [4.69, 9.17) is 0 Å². The largest absolute Gasteiger partial charge is 0.361 e. The van der Waals surface area contributed by atoms with Crippen molar-refractivity contribution in [3.8, 4) is 0 Å². The van der Waals surface area contributed by atoms with Crippen LogP contribution in [0.1, 0.15) is 27.1 Å². The van der Waals surface area contributed by atoms with E-state index < -0.39 is 0 Å². The quantitative estimate of drug-likeness (QED) is 0.720. The predicted octanol–water partition coefficient (Wildman–Crippen LogP) is 2.79. The van der Waals surface area contributed by atoms with Crippen molar-refractivity contribution in [1.82, 2.24) is 9.88 Å². The Balaban J connectivity index is 1.41. The maximum absolute atomic E-state index is 12.3. The molecule has 0 saturated carbocycles. The second kappa shape index (κ2) is 5.90. The number of imide groups is 1. The molecule has 3 aromatic rings. The number of benzene rings is 2. The van der Waals surface area contributed by atoms with Crippen LogP contribution in [-0.4, -0.2) is 34.2 Å². The third-order valence-corrected chi connectivity index (χ3v) is 4.28. The minimum absolute atomic E-state index is 0.0522. The van der Waals surface area contributed by atoms with Gasteiger partial charge in [0.25, 0.3) is 11.8 Å². The fraction of sp³-hybridized carbons (Fsp3) is 0.105. The first-order chi connectivity index (χ1) is 12.1. The summed E-state index contributed by atoms with van der Waals surface area (Å²) in [7, 11) is 0. The summed E-state index contributed by atoms with van der Waals surface area (Å²) in [6, 6.07) is 14.2. The molecule has 1 aliphatic rings. The van der Waals surface area contributed by atoms with Crippen molar-refractivity contribution >= 4 is 34.3 Å². The Bertz CT molecular complexity index is 971. The smallest absolute Gasteiger partial charge is 0.261 e. The minimum Gasteiger partial charge on any atom is -0.361 e. The SMILES string of the molecule is O=C(CCN1C(=O)c2ccccc2C1=O)Nc1ccc2[nH]ccc2c1. The van der Waals surface area contributed by atoms with Gasteiger partial charge in [-0.2, -0.15) is 0 Å². The lowest BCUT2D eigenvalue weighted by Crippen LogP contribution is -2.32. The summed E-state index contributed by atoms with van der Waals surface area (Å²) >= 11 is 0. The van der Waals surface area contributed by atoms with Gasteiger partial charge in [-0.1, -0.05) is 12.1 Å². The summed E-state index contributed by atoms with van der Waals surface area (Å²) in [4.78, 5) is 40.9. The molecule has 0 radical (unpaired) electrons. The van der Waals surface area contributed by atoms with E-state index in [2.05, 4.69) is 10.3 Å². The number of nitrogens with one attached hydrogen (secondary N) is 2. The van der Waals surface area contributed by atoms with Crippen molar-refractivity contribution in [3.05, 3.63) is 65.9 Å². The van der Waals surface area contributed by atoms with Gasteiger partial charge in [0.05, 0.1) is 11.1 Å². The van der Waals surface area contributed by atoms with Gasteiger partial charge < -0.3 is 10.3 Å². The van der Waals surface area contributed by atoms with Gasteiger partial charge in [-0.3, -0.25) is 19.3 Å². The van der Waals surface area contributed by atoms with E-state index in [9.17, 15) is 14.4 Å². The number of aromatic amines is 1. The minimum atomic E-state index is -0.345. The van der Waals surface area contributed by atoms with Crippen LogP contribution in [0.25, 0.3) is 10.9 Å². The number of H-pyrrole nitrogens is 1. The summed E-state index contributed by atoms with van der Waals surface area (Å²) < 4.78 is 0. The van der Waals surface area contributed by atoms with Gasteiger partial charge in [-0.15, -0.1) is 0 Å². The lowest BCUT2D eigenvalue weighted by Gasteiger charge is -2.13. The van der Waals surface area contributed by atoms with Gasteiger partial charge in [0.15, 0.2) is 0 Å². The number of fused-ring (bicyclic) bond motifs is 2. The van der Waals surface area contributed by atoms with Crippen LogP contribution in [0, 0.1) is 0 Å². The van der Waals surface area contributed by atoms with Gasteiger partial charge in [0.1, 0.15) is 0 Å². The highest BCUT2D eigenvalue weighted by Gasteiger charge is 2.34. The van der Waals surface area contributed by atoms with Gasteiger partial charge in [-0.25, -0.2) is 0 Å². The highest BCUT2D eigenvalue weighted by atomic mass is 16.2. The molecule has 4 rings (SSSR count). The molecule has 25 heavy (non-hydrogen) atoms. The molecule has 6 nitrogen and oxygen atoms in total. The Labute approximate surface area is 143 Å². The molecule has 0 aliphatic carbocycles. The zero-order chi connectivity index (χ0) is 17.4. The van der Waals surface area contributed by atoms with Crippen LogP contribution in [-0.2, 0) is 4.79 Å². The molecule has 0 bridgehead atoms. The second-order valence-electron chi connectivity index (χ2n) is 5.89. The maximum atomic E-state index is 12.3. The number of carbonyl (C=O) groups excluding carboxylic acids is 3. The highest BCUT2D eigenvalue weighted by Crippen LogP contribution is 2.23. The number of rotatable bonds is 4. The third-order valence-electron chi connectivity index (χ3n) is 4.28. The zero-order valence-corrected chi connectivity index (χ0v) is 13.3. The van der Waals surface area contributed by atoms with Gasteiger partial charge in [-0.05, 0) is 36.4 Å². The zero-order valence-electron chi connectivity index (χ0n) is 13.3. The number of aromatic nitrogens is 1. The van der Waals surface area contributed by atoms with Crippen molar-refractivity contribution in [2.45, 2.75) is 6.42 Å². The molecule has 3 amide bonds. The number of hydrogen-bond acceptors (Lipinski definition) is 3. The molecule has 1 aromatic heterocycles. The summed E-state index contributed by atoms with van der Waals surface area (Å²) in [5, 5.41) is 3.79. The van der Waals surface area contributed by atoms with Crippen molar-refractivity contribution < 1.29 is 14.4 Å². The molecule has 0 fully saturated rings. The number of anilines is 1. The van der Waals surface area contributed by atoms with Crippen LogP contribution in [0.4, 0.5) is 5.69 Å². The number of amides is 3. The van der Waals surface area contributed by atoms with Crippen LogP contribution in [0.2, 0.25) is 0 Å². The molecule has 2 aromatic carbocycles. The lowest BCUT2D eigenvalue weighted by atomic mass is 10.1. The molecule has 0 saturated heterocycles. The summed E-state index contributed by atoms with van der Waals surface area (Å²) in [6.45, 7) is 0.0601. The summed E-state index contributed by atoms with van der Waals surface area (Å²) in [5.74, 6) is -0.935. The molecule has 124 valence electrons. The van der Waals surface area contributed by atoms with Crippen LogP contribution >= 0.6 is 0 Å². The Hall–Kier alpha value is -3.41. The average molecular weight is 333 g/mol. The van der Waals surface area contributed by atoms with Gasteiger partial charge in [0, 0.05) is 35.8 Å². The maximum Gasteiger partial charge on any atom is 0.261 e. The second-order valence-corrected chi connectivity index (χ2v) is 5.89. The highest BCUT2D eigenvalue weighted by molar-refractivity contribution is 6.21. The Kier molecular flexibility index (Phi) is 3.57. The first-order valence-electron chi connectivity index (χ1n) is 7.96. The number of nitrogens with zero attached hydrogens (tertiary/aromatic N) is 1. The molecule has 0 atom stereocenters. The van der Waals surface area contributed by atoms with E-state index >= 15 is 0 Å². The van der Waals surface area contributed by atoms with E-state index in [-0.39, 0.29) is 30.7 Å². The molecule has 1 aliphatic heterocycles. The van der Waals surface area contributed by atoms with Crippen molar-refractivity contribution in [2.75, 3.05) is 11.9 Å². The Morgan fingerprint density at radius 3 is 2.44 bits per heavy atom. The molecular weight excluding hydrogens is 318 g/mol. The van der Waals surface area contributed by atoms with Crippen LogP contribution in [0.15, 0.2) is 54.7 Å². The summed E-state index contributed by atoms with van der Waals surface area (Å²) in [5.41, 5.74) is 2.46. The number of hydrogen-bond donors (Lipinski definition) is 2. The van der Waals surface area contributed by atoms with Gasteiger partial charge in [0.2, 0.25) is 5.91 Å². The van der Waals surface area contributed by atoms with Crippen LogP contribution in [0.3, 0.4) is 0 Å². The third kappa shape index (κ3) is 2.67. The van der Waals surface area contributed by atoms with Crippen LogP contribution < -0.4 is 5.32 Å². The summed E-state index contributed by atoms with van der Waals surface area (Å²) in [6.07, 6.45) is 1.88.